The van der Waals surface area contributed by atoms with Crippen molar-refractivity contribution >= 4 is 12.3 Å². The van der Waals surface area contributed by atoms with Gasteiger partial charge in [0.1, 0.15) is 43.4 Å². The summed E-state index contributed by atoms with van der Waals surface area (Å²) in [4.78, 5) is 25.1. The van der Waals surface area contributed by atoms with Crippen molar-refractivity contribution < 1.29 is 68.6 Å². The van der Waals surface area contributed by atoms with Gasteiger partial charge in [-0.2, -0.15) is 0 Å². The van der Waals surface area contributed by atoms with Crippen LogP contribution >= 0.6 is 0 Å². The lowest BCUT2D eigenvalue weighted by molar-refractivity contribution is -0.346. The zero-order valence-electron chi connectivity index (χ0n) is 29.1. The highest BCUT2D eigenvalue weighted by Crippen LogP contribution is 2.70. The molecule has 0 spiro atoms. The topological polar surface area (TPSA) is 211 Å². The number of aldehydes is 1. The summed E-state index contributed by atoms with van der Waals surface area (Å²) in [6.45, 7) is 3.57. The van der Waals surface area contributed by atoms with E-state index in [2.05, 4.69) is 6.92 Å². The number of cyclic esters (lactones) is 1. The van der Waals surface area contributed by atoms with E-state index in [1.54, 1.807) is 13.0 Å². The minimum Gasteiger partial charge on any atom is -0.458 e. The lowest BCUT2D eigenvalue weighted by Crippen LogP contribution is -2.69. The van der Waals surface area contributed by atoms with Gasteiger partial charge >= 0.3 is 5.97 Å². The third-order valence-electron chi connectivity index (χ3n) is 14.2. The number of hydrogen-bond acceptors (Lipinski definition) is 14. The van der Waals surface area contributed by atoms with E-state index in [9.17, 15) is 40.2 Å². The molecule has 7 aliphatic rings. The predicted molar refractivity (Wildman–Crippen MR) is 171 cm³/mol. The number of hydrogen-bond donors (Lipinski definition) is 6. The van der Waals surface area contributed by atoms with Gasteiger partial charge in [0.2, 0.25) is 0 Å². The average Bonchev–Trinajstić information content (AvgIpc) is 3.64. The molecule has 50 heavy (non-hydrogen) atoms. The lowest BCUT2D eigenvalue weighted by atomic mass is 9.41. The Bertz CT molecular complexity index is 1330. The van der Waals surface area contributed by atoms with Gasteiger partial charge in [-0.1, -0.05) is 6.92 Å². The molecule has 3 aliphatic heterocycles. The molecule has 0 aromatic rings. The van der Waals surface area contributed by atoms with Crippen molar-refractivity contribution in [3.63, 3.8) is 0 Å². The first-order valence-corrected chi connectivity index (χ1v) is 18.3. The lowest BCUT2D eigenvalue weighted by Gasteiger charge is -2.65. The van der Waals surface area contributed by atoms with Crippen LogP contribution in [-0.4, -0.2) is 136 Å². The maximum atomic E-state index is 13.2. The minimum absolute atomic E-state index is 0.0352. The number of ether oxygens (including phenoxy) is 6. The molecule has 17 atom stereocenters. The Morgan fingerprint density at radius 3 is 2.40 bits per heavy atom. The Morgan fingerprint density at radius 1 is 0.960 bits per heavy atom. The van der Waals surface area contributed by atoms with Crippen LogP contribution in [0.4, 0.5) is 0 Å². The number of carbonyl (C=O) groups is 2. The molecule has 6 N–H and O–H groups in total. The summed E-state index contributed by atoms with van der Waals surface area (Å²) in [6, 6.07) is 0. The molecule has 282 valence electrons. The molecule has 0 aromatic carbocycles. The second-order valence-electron chi connectivity index (χ2n) is 16.3. The third kappa shape index (κ3) is 5.55. The van der Waals surface area contributed by atoms with Gasteiger partial charge in [0, 0.05) is 31.4 Å². The van der Waals surface area contributed by atoms with Crippen molar-refractivity contribution in [1.29, 1.82) is 0 Å². The van der Waals surface area contributed by atoms with E-state index in [0.29, 0.717) is 44.9 Å². The van der Waals surface area contributed by atoms with Gasteiger partial charge in [-0.3, -0.25) is 0 Å². The molecule has 0 amide bonds. The molecular weight excluding hydrogens is 656 g/mol. The molecule has 0 bridgehead atoms. The van der Waals surface area contributed by atoms with Crippen molar-refractivity contribution in [1.82, 2.24) is 0 Å². The van der Waals surface area contributed by atoms with Crippen molar-refractivity contribution in [2.45, 2.75) is 151 Å². The van der Waals surface area contributed by atoms with Crippen LogP contribution in [0.1, 0.15) is 78.1 Å². The van der Waals surface area contributed by atoms with Crippen LogP contribution in [0.5, 0.6) is 0 Å². The van der Waals surface area contributed by atoms with E-state index in [0.717, 1.165) is 18.3 Å². The number of aliphatic hydroxyl groups excluding tert-OH is 4. The summed E-state index contributed by atoms with van der Waals surface area (Å²) < 4.78 is 35.2. The summed E-state index contributed by atoms with van der Waals surface area (Å²) in [5.41, 5.74) is -2.86. The van der Waals surface area contributed by atoms with E-state index in [4.69, 9.17) is 28.4 Å². The Hall–Kier alpha value is -1.56. The monoisotopic (exact) mass is 710 g/mol. The summed E-state index contributed by atoms with van der Waals surface area (Å²) >= 11 is 0. The van der Waals surface area contributed by atoms with Crippen molar-refractivity contribution in [2.24, 2.45) is 28.6 Å². The van der Waals surface area contributed by atoms with E-state index in [1.165, 1.54) is 7.11 Å². The molecule has 15 unspecified atom stereocenters. The molecule has 2 saturated heterocycles. The maximum absolute atomic E-state index is 13.2. The van der Waals surface area contributed by atoms with Crippen LogP contribution in [-0.2, 0) is 38.0 Å². The van der Waals surface area contributed by atoms with Gasteiger partial charge in [-0.15, -0.1) is 0 Å². The largest absolute Gasteiger partial charge is 0.458 e. The number of methoxy groups -OCH3 is 1. The van der Waals surface area contributed by atoms with Gasteiger partial charge in [0.05, 0.1) is 41.5 Å². The maximum Gasteiger partial charge on any atom is 0.331 e. The van der Waals surface area contributed by atoms with Crippen molar-refractivity contribution in [2.75, 3.05) is 20.3 Å². The number of aliphatic hydroxyl groups is 6. The number of rotatable bonds is 8. The molecule has 6 fully saturated rings. The Balaban J connectivity index is 1.01. The molecule has 0 radical (unpaired) electrons. The van der Waals surface area contributed by atoms with Gasteiger partial charge in [0.15, 0.2) is 12.6 Å². The van der Waals surface area contributed by atoms with E-state index in [-0.39, 0.29) is 43.2 Å². The zero-order chi connectivity index (χ0) is 35.8. The van der Waals surface area contributed by atoms with Crippen LogP contribution in [0.15, 0.2) is 11.6 Å². The SMILES string of the molecule is COC1CC(OC2CC[C@]3(C=O)C4CC[C@]5(C)C(C6=CC(=O)OC6)CCC5(O)C4CCC3(O)C2)OC(C)C1OC1OC(CO)C(O)C(O)C1O. The minimum atomic E-state index is -1.58. The molecule has 0 aromatic heterocycles. The number of fused-ring (bicyclic) bond motifs is 5. The van der Waals surface area contributed by atoms with Gasteiger partial charge < -0.3 is 63.9 Å². The highest BCUT2D eigenvalue weighted by molar-refractivity contribution is 5.85. The highest BCUT2D eigenvalue weighted by atomic mass is 16.7. The molecule has 7 rings (SSSR count). The van der Waals surface area contributed by atoms with Crippen molar-refractivity contribution in [3.05, 3.63) is 11.6 Å². The fourth-order valence-corrected chi connectivity index (χ4v) is 11.5. The molecule has 14 nitrogen and oxygen atoms in total. The van der Waals surface area contributed by atoms with Crippen LogP contribution < -0.4 is 0 Å². The summed E-state index contributed by atoms with van der Waals surface area (Å²) in [6.07, 6.45) is -2.52. The van der Waals surface area contributed by atoms with Crippen LogP contribution in [0.25, 0.3) is 0 Å². The first-order valence-electron chi connectivity index (χ1n) is 18.3. The third-order valence-corrected chi connectivity index (χ3v) is 14.2. The van der Waals surface area contributed by atoms with Gasteiger partial charge in [0.25, 0.3) is 0 Å². The quantitative estimate of drug-likeness (QED) is 0.113. The summed E-state index contributed by atoms with van der Waals surface area (Å²) in [5, 5.41) is 65.3. The molecule has 3 heterocycles. The molecule has 4 saturated carbocycles. The van der Waals surface area contributed by atoms with Crippen molar-refractivity contribution in [3.8, 4) is 0 Å². The van der Waals surface area contributed by atoms with Crippen LogP contribution in [0.2, 0.25) is 0 Å². The second-order valence-corrected chi connectivity index (χ2v) is 16.3. The molecule has 4 aliphatic carbocycles. The van der Waals surface area contributed by atoms with Gasteiger partial charge in [-0.25, -0.2) is 4.79 Å². The van der Waals surface area contributed by atoms with Crippen LogP contribution in [0.3, 0.4) is 0 Å². The standard InChI is InChI=1S/C36H54O14/c1-18-31(50-32-30(42)29(41)28(40)25(15-37)49-32)24(45-3)13-27(47-18)48-20-4-9-34(17-38)22-5-8-33(2)21(19-12-26(39)46-16-19)7-11-36(33,44)23(22)6-10-35(34,43)14-20/h12,17-18,20-25,27-32,37,40-44H,4-11,13-16H2,1-3H3/t18?,20?,21?,22?,23?,24?,25?,27?,28?,29?,30?,31?,32?,33-,34+,35?,36?/m1/s1. The molecule has 14 heteroatoms. The highest BCUT2D eigenvalue weighted by Gasteiger charge is 2.71. The van der Waals surface area contributed by atoms with E-state index >= 15 is 0 Å². The Labute approximate surface area is 292 Å². The summed E-state index contributed by atoms with van der Waals surface area (Å²) in [7, 11) is 1.51. The number of carbonyl (C=O) groups excluding carboxylic acids is 2. The summed E-state index contributed by atoms with van der Waals surface area (Å²) in [5.74, 6) is -0.635. The zero-order valence-corrected chi connectivity index (χ0v) is 29.1. The van der Waals surface area contributed by atoms with E-state index < -0.39 is 90.1 Å². The first-order chi connectivity index (χ1) is 23.7. The second kappa shape index (κ2) is 13.4. The first kappa shape index (κ1) is 36.8. The Morgan fingerprint density at radius 2 is 1.72 bits per heavy atom. The fourth-order valence-electron chi connectivity index (χ4n) is 11.5. The number of esters is 1. The van der Waals surface area contributed by atoms with Crippen LogP contribution in [0, 0.1) is 28.6 Å². The average molecular weight is 711 g/mol. The van der Waals surface area contributed by atoms with Gasteiger partial charge in [-0.05, 0) is 81.6 Å². The Kier molecular flexibility index (Phi) is 9.84. The smallest absolute Gasteiger partial charge is 0.331 e. The fraction of sp³-hybridized carbons (Fsp3) is 0.889. The molecular formula is C36H54O14. The van der Waals surface area contributed by atoms with E-state index in [1.807, 2.05) is 0 Å². The normalized spacial score (nSPS) is 53.5. The predicted octanol–water partition coefficient (Wildman–Crippen LogP) is 0.258.